The lowest BCUT2D eigenvalue weighted by molar-refractivity contribution is -0.113. The highest BCUT2D eigenvalue weighted by molar-refractivity contribution is 7.99. The molecule has 1 aromatic heterocycles. The summed E-state index contributed by atoms with van der Waals surface area (Å²) < 4.78 is 34.4. The van der Waals surface area contributed by atoms with Gasteiger partial charge in [0.15, 0.2) is 5.16 Å². The Morgan fingerprint density at radius 1 is 1.18 bits per heavy atom. The molecule has 34 heavy (non-hydrogen) atoms. The maximum absolute atomic E-state index is 14.6. The lowest BCUT2D eigenvalue weighted by Crippen LogP contribution is -2.24. The van der Waals surface area contributed by atoms with Gasteiger partial charge in [-0.05, 0) is 42.8 Å². The van der Waals surface area contributed by atoms with Gasteiger partial charge in [-0.1, -0.05) is 35.5 Å². The van der Waals surface area contributed by atoms with Crippen LogP contribution in [0.3, 0.4) is 0 Å². The molecule has 3 aromatic carbocycles. The molecule has 0 unspecified atom stereocenters. The fourth-order valence-electron chi connectivity index (χ4n) is 3.33. The smallest absolute Gasteiger partial charge is 0.266 e. The minimum atomic E-state index is -0.924. The Kier molecular flexibility index (Phi) is 6.85. The molecule has 0 saturated heterocycles. The van der Waals surface area contributed by atoms with Crippen molar-refractivity contribution in [3.63, 3.8) is 0 Å². The molecule has 0 atom stereocenters. The fourth-order valence-corrected chi connectivity index (χ4v) is 4.29. The molecule has 6 nitrogen and oxygen atoms in total. The van der Waals surface area contributed by atoms with Gasteiger partial charge in [-0.3, -0.25) is 14.2 Å². The van der Waals surface area contributed by atoms with Crippen LogP contribution < -0.4 is 15.6 Å². The molecule has 1 N–H and O–H groups in total. The molecule has 0 aliphatic carbocycles. The summed E-state index contributed by atoms with van der Waals surface area (Å²) in [6.07, 6.45) is 0. The van der Waals surface area contributed by atoms with Gasteiger partial charge in [-0.25, -0.2) is 13.8 Å². The van der Waals surface area contributed by atoms with Gasteiger partial charge in [0.25, 0.3) is 5.56 Å². The molecule has 1 heterocycles. The fraction of sp³-hybridized carbons (Fsp3) is 0.125. The third-order valence-corrected chi connectivity index (χ3v) is 6.33. The van der Waals surface area contributed by atoms with Gasteiger partial charge in [-0.15, -0.1) is 0 Å². The van der Waals surface area contributed by atoms with Crippen molar-refractivity contribution in [3.05, 3.63) is 87.2 Å². The Morgan fingerprint density at radius 2 is 1.94 bits per heavy atom. The minimum absolute atomic E-state index is 0.0867. The van der Waals surface area contributed by atoms with E-state index in [9.17, 15) is 18.4 Å². The van der Waals surface area contributed by atoms with Crippen LogP contribution in [0.5, 0.6) is 5.75 Å². The van der Waals surface area contributed by atoms with Crippen molar-refractivity contribution in [1.82, 2.24) is 9.55 Å². The number of nitrogens with one attached hydrogen (secondary N) is 1. The number of amides is 1. The molecule has 1 amide bonds. The van der Waals surface area contributed by atoms with Crippen molar-refractivity contribution >= 4 is 45.9 Å². The zero-order valence-electron chi connectivity index (χ0n) is 18.1. The number of carbonyl (C=O) groups is 1. The number of aromatic nitrogens is 2. The highest BCUT2D eigenvalue weighted by atomic mass is 35.5. The molecule has 4 rings (SSSR count). The summed E-state index contributed by atoms with van der Waals surface area (Å²) in [6.45, 7) is 1.79. The molecule has 0 fully saturated rings. The first-order valence-corrected chi connectivity index (χ1v) is 11.4. The maximum Gasteiger partial charge on any atom is 0.266 e. The van der Waals surface area contributed by atoms with Gasteiger partial charge in [0.2, 0.25) is 5.91 Å². The number of para-hydroxylation sites is 1. The molecule has 0 bridgehead atoms. The standard InChI is InChI=1S/C24H18ClF2N3O3S/c1-13-9-19(21(33-2)11-16(13)25)28-22(31)12-34-24-29-18-6-4-3-5-15(18)23(32)30(24)20-8-7-14(26)10-17(20)27/h3-11H,12H2,1-2H3,(H,28,31). The molecule has 4 aromatic rings. The third kappa shape index (κ3) is 4.76. The van der Waals surface area contributed by atoms with Crippen LogP contribution in [0.2, 0.25) is 5.02 Å². The number of fused-ring (bicyclic) bond motifs is 1. The summed E-state index contributed by atoms with van der Waals surface area (Å²) in [4.78, 5) is 30.4. The van der Waals surface area contributed by atoms with E-state index in [1.54, 1.807) is 43.3 Å². The van der Waals surface area contributed by atoms with E-state index in [-0.39, 0.29) is 22.0 Å². The topological polar surface area (TPSA) is 73.2 Å². The zero-order valence-corrected chi connectivity index (χ0v) is 19.6. The molecule has 0 aliphatic heterocycles. The SMILES string of the molecule is COc1cc(Cl)c(C)cc1NC(=O)CSc1nc2ccccc2c(=O)n1-c1ccc(F)cc1F. The lowest BCUT2D eigenvalue weighted by atomic mass is 10.2. The molecule has 0 saturated carbocycles. The second kappa shape index (κ2) is 9.82. The molecule has 10 heteroatoms. The van der Waals surface area contributed by atoms with Crippen molar-refractivity contribution in [3.8, 4) is 11.4 Å². The van der Waals surface area contributed by atoms with E-state index < -0.39 is 23.1 Å². The second-order valence-electron chi connectivity index (χ2n) is 7.29. The van der Waals surface area contributed by atoms with Crippen molar-refractivity contribution < 1.29 is 18.3 Å². The van der Waals surface area contributed by atoms with Crippen molar-refractivity contribution in [2.45, 2.75) is 12.1 Å². The average molecular weight is 502 g/mol. The van der Waals surface area contributed by atoms with E-state index in [2.05, 4.69) is 10.3 Å². The lowest BCUT2D eigenvalue weighted by Gasteiger charge is -2.15. The van der Waals surface area contributed by atoms with Gasteiger partial charge in [0.05, 0.1) is 35.1 Å². The van der Waals surface area contributed by atoms with Crippen LogP contribution in [0.4, 0.5) is 14.5 Å². The normalized spacial score (nSPS) is 11.0. The highest BCUT2D eigenvalue weighted by Crippen LogP contribution is 2.31. The second-order valence-corrected chi connectivity index (χ2v) is 8.64. The summed E-state index contributed by atoms with van der Waals surface area (Å²) >= 11 is 7.06. The molecular formula is C24H18ClF2N3O3S. The van der Waals surface area contributed by atoms with Crippen molar-refractivity contribution in [1.29, 1.82) is 0 Å². The van der Waals surface area contributed by atoms with Crippen molar-refractivity contribution in [2.75, 3.05) is 18.2 Å². The summed E-state index contributed by atoms with van der Waals surface area (Å²) in [5.41, 5.74) is 0.881. The average Bonchev–Trinajstić information content (AvgIpc) is 2.81. The Bertz CT molecular complexity index is 1480. The van der Waals surface area contributed by atoms with E-state index in [0.29, 0.717) is 28.0 Å². The predicted molar refractivity (Wildman–Crippen MR) is 129 cm³/mol. The van der Waals surface area contributed by atoms with E-state index in [1.807, 2.05) is 0 Å². The number of hydrogen-bond acceptors (Lipinski definition) is 5. The third-order valence-electron chi connectivity index (χ3n) is 4.98. The summed E-state index contributed by atoms with van der Waals surface area (Å²) in [5, 5.41) is 3.59. The summed E-state index contributed by atoms with van der Waals surface area (Å²) in [6, 6.07) is 12.8. The van der Waals surface area contributed by atoms with Gasteiger partial charge in [-0.2, -0.15) is 0 Å². The Balaban J connectivity index is 1.69. The number of anilines is 1. The van der Waals surface area contributed by atoms with Crippen LogP contribution in [0, 0.1) is 18.6 Å². The first-order chi connectivity index (χ1) is 16.3. The van der Waals surface area contributed by atoms with Crippen LogP contribution in [-0.2, 0) is 4.79 Å². The summed E-state index contributed by atoms with van der Waals surface area (Å²) in [7, 11) is 1.46. The van der Waals surface area contributed by atoms with Crippen LogP contribution >= 0.6 is 23.4 Å². The number of carbonyl (C=O) groups excluding carboxylic acids is 1. The van der Waals surface area contributed by atoms with Crippen molar-refractivity contribution in [2.24, 2.45) is 0 Å². The minimum Gasteiger partial charge on any atom is -0.495 e. The Hall–Kier alpha value is -3.43. The maximum atomic E-state index is 14.6. The van der Waals surface area contributed by atoms with Crippen LogP contribution in [-0.4, -0.2) is 28.3 Å². The number of hydrogen-bond donors (Lipinski definition) is 1. The Labute approximate surface area is 202 Å². The molecule has 0 aliphatic rings. The number of aryl methyl sites for hydroxylation is 1. The van der Waals surface area contributed by atoms with Crippen LogP contribution in [0.1, 0.15) is 5.56 Å². The van der Waals surface area contributed by atoms with Gasteiger partial charge in [0.1, 0.15) is 17.4 Å². The number of methoxy groups -OCH3 is 1. The number of nitrogens with zero attached hydrogens (tertiary/aromatic N) is 2. The number of ether oxygens (including phenoxy) is 1. The van der Waals surface area contributed by atoms with Gasteiger partial charge >= 0.3 is 0 Å². The molecular weight excluding hydrogens is 484 g/mol. The predicted octanol–water partition coefficient (Wildman–Crippen LogP) is 5.37. The summed E-state index contributed by atoms with van der Waals surface area (Å²) in [5.74, 6) is -1.85. The number of halogens is 3. The number of thioether (sulfide) groups is 1. The largest absolute Gasteiger partial charge is 0.495 e. The first-order valence-electron chi connectivity index (χ1n) is 10.0. The van der Waals surface area contributed by atoms with E-state index in [1.165, 1.54) is 7.11 Å². The van der Waals surface area contributed by atoms with E-state index >= 15 is 0 Å². The molecule has 0 spiro atoms. The number of rotatable bonds is 6. The number of benzene rings is 3. The monoisotopic (exact) mass is 501 g/mol. The van der Waals surface area contributed by atoms with Crippen LogP contribution in [0.15, 0.2) is 64.5 Å². The van der Waals surface area contributed by atoms with Gasteiger partial charge in [0, 0.05) is 17.2 Å². The molecule has 174 valence electrons. The van der Waals surface area contributed by atoms with E-state index in [0.717, 1.165) is 34.0 Å². The van der Waals surface area contributed by atoms with Crippen LogP contribution in [0.25, 0.3) is 16.6 Å². The highest BCUT2D eigenvalue weighted by Gasteiger charge is 2.18. The quantitative estimate of drug-likeness (QED) is 0.284. The van der Waals surface area contributed by atoms with Gasteiger partial charge < -0.3 is 10.1 Å². The Morgan fingerprint density at radius 3 is 2.68 bits per heavy atom. The molecule has 0 radical (unpaired) electrons. The first kappa shape index (κ1) is 23.7. The zero-order chi connectivity index (χ0) is 24.4. The van der Waals surface area contributed by atoms with E-state index in [4.69, 9.17) is 16.3 Å².